The minimum atomic E-state index is 0.408. The molecule has 0 saturated heterocycles. The lowest BCUT2D eigenvalue weighted by Gasteiger charge is -2.02. The van der Waals surface area contributed by atoms with Crippen LogP contribution in [0.4, 0.5) is 0 Å². The van der Waals surface area contributed by atoms with Gasteiger partial charge < -0.3 is 9.57 Å². The van der Waals surface area contributed by atoms with Crippen LogP contribution in [-0.2, 0) is 11.4 Å². The average molecular weight is 319 g/mol. The molecule has 0 amide bonds. The van der Waals surface area contributed by atoms with E-state index in [-0.39, 0.29) is 0 Å². The first-order valence-electron chi connectivity index (χ1n) is 5.74. The number of ether oxygens (including phenoxy) is 1. The molecule has 1 radical (unpaired) electrons. The molecule has 0 bridgehead atoms. The minimum Gasteiger partial charge on any atom is -0.497 e. The van der Waals surface area contributed by atoms with Gasteiger partial charge in [-0.25, -0.2) is 0 Å². The van der Waals surface area contributed by atoms with Gasteiger partial charge in [0, 0.05) is 10.0 Å². The lowest BCUT2D eigenvalue weighted by molar-refractivity contribution is 0.132. The van der Waals surface area contributed by atoms with Crippen LogP contribution in [0.5, 0.6) is 5.75 Å². The predicted octanol–water partition coefficient (Wildman–Crippen LogP) is 3.89. The van der Waals surface area contributed by atoms with Crippen LogP contribution in [0, 0.1) is 0 Å². The molecule has 2 aromatic carbocycles. The van der Waals surface area contributed by atoms with E-state index in [0.717, 1.165) is 21.3 Å². The second-order valence-electron chi connectivity index (χ2n) is 3.83. The van der Waals surface area contributed by atoms with Crippen molar-refractivity contribution in [2.45, 2.75) is 6.61 Å². The third-order valence-electron chi connectivity index (χ3n) is 2.45. The van der Waals surface area contributed by atoms with E-state index in [0.29, 0.717) is 6.61 Å². The SMILES string of the molecule is COc1ccc(CO/N=[C]\c2cccc(Br)c2)cc1. The van der Waals surface area contributed by atoms with Crippen LogP contribution in [0.1, 0.15) is 11.1 Å². The molecule has 2 aromatic rings. The highest BCUT2D eigenvalue weighted by atomic mass is 79.9. The Balaban J connectivity index is 1.85. The molecule has 4 heteroatoms. The third kappa shape index (κ3) is 4.41. The number of nitrogens with zero attached hydrogens (tertiary/aromatic N) is 1. The Bertz CT molecular complexity index is 552. The first-order valence-corrected chi connectivity index (χ1v) is 6.54. The van der Waals surface area contributed by atoms with E-state index in [1.807, 2.05) is 48.5 Å². The Kier molecular flexibility index (Phi) is 4.98. The zero-order valence-electron chi connectivity index (χ0n) is 10.5. The van der Waals surface area contributed by atoms with Gasteiger partial charge in [0.1, 0.15) is 18.6 Å². The summed E-state index contributed by atoms with van der Waals surface area (Å²) in [6, 6.07) is 15.3. The van der Waals surface area contributed by atoms with Crippen molar-refractivity contribution < 1.29 is 9.57 Å². The molecule has 97 valence electrons. The first kappa shape index (κ1) is 13.6. The molecule has 19 heavy (non-hydrogen) atoms. The van der Waals surface area contributed by atoms with E-state index in [4.69, 9.17) is 9.57 Å². The van der Waals surface area contributed by atoms with Gasteiger partial charge in [0.05, 0.1) is 7.11 Å². The third-order valence-corrected chi connectivity index (χ3v) is 2.95. The molecule has 0 aliphatic rings. The van der Waals surface area contributed by atoms with Gasteiger partial charge in [0.15, 0.2) is 0 Å². The standard InChI is InChI=1S/C15H13BrNO2/c1-18-15-7-5-12(6-8-15)11-19-17-10-13-3-2-4-14(16)9-13/h2-9H,11H2,1H3. The van der Waals surface area contributed by atoms with Crippen molar-refractivity contribution in [1.29, 1.82) is 0 Å². The first-order chi connectivity index (χ1) is 9.28. The molecular weight excluding hydrogens is 306 g/mol. The van der Waals surface area contributed by atoms with E-state index >= 15 is 0 Å². The van der Waals surface area contributed by atoms with Crippen molar-refractivity contribution in [3.8, 4) is 5.75 Å². The Hall–Kier alpha value is -1.81. The van der Waals surface area contributed by atoms with Crippen molar-refractivity contribution in [3.05, 3.63) is 64.1 Å². The molecule has 0 atom stereocenters. The fourth-order valence-corrected chi connectivity index (χ4v) is 1.87. The summed E-state index contributed by atoms with van der Waals surface area (Å²) < 4.78 is 6.07. The molecule has 0 heterocycles. The van der Waals surface area contributed by atoms with Crippen LogP contribution in [-0.4, -0.2) is 13.3 Å². The van der Waals surface area contributed by atoms with Crippen molar-refractivity contribution in [2.75, 3.05) is 7.11 Å². The van der Waals surface area contributed by atoms with Crippen molar-refractivity contribution in [1.82, 2.24) is 0 Å². The highest BCUT2D eigenvalue weighted by Crippen LogP contribution is 2.12. The van der Waals surface area contributed by atoms with Gasteiger partial charge in [0.25, 0.3) is 0 Å². The number of hydrogen-bond acceptors (Lipinski definition) is 3. The molecule has 0 aliphatic heterocycles. The molecule has 2 rings (SSSR count). The number of rotatable bonds is 5. The molecule has 0 aromatic heterocycles. The zero-order valence-corrected chi connectivity index (χ0v) is 12.1. The summed E-state index contributed by atoms with van der Waals surface area (Å²) in [5, 5.41) is 3.82. The summed E-state index contributed by atoms with van der Waals surface area (Å²) in [7, 11) is 1.64. The molecule has 0 saturated carbocycles. The van der Waals surface area contributed by atoms with Crippen LogP contribution in [0.25, 0.3) is 0 Å². The average Bonchev–Trinajstić information content (AvgIpc) is 2.44. The molecule has 0 fully saturated rings. The molecule has 0 N–H and O–H groups in total. The van der Waals surface area contributed by atoms with Gasteiger partial charge in [-0.2, -0.15) is 0 Å². The topological polar surface area (TPSA) is 30.8 Å². The highest BCUT2D eigenvalue weighted by molar-refractivity contribution is 9.10. The van der Waals surface area contributed by atoms with E-state index in [1.54, 1.807) is 7.11 Å². The molecular formula is C15H13BrNO2. The fraction of sp³-hybridized carbons (Fsp3) is 0.133. The van der Waals surface area contributed by atoms with E-state index in [2.05, 4.69) is 27.3 Å². The number of benzene rings is 2. The van der Waals surface area contributed by atoms with E-state index in [1.165, 1.54) is 0 Å². The van der Waals surface area contributed by atoms with Crippen molar-refractivity contribution in [3.63, 3.8) is 0 Å². The van der Waals surface area contributed by atoms with Gasteiger partial charge in [-0.1, -0.05) is 45.4 Å². The summed E-state index contributed by atoms with van der Waals surface area (Å²) >= 11 is 3.39. The van der Waals surface area contributed by atoms with Crippen LogP contribution >= 0.6 is 15.9 Å². The lowest BCUT2D eigenvalue weighted by Crippen LogP contribution is -1.89. The number of hydrogen-bond donors (Lipinski definition) is 0. The summed E-state index contributed by atoms with van der Waals surface area (Å²) in [6.07, 6.45) is 2.83. The van der Waals surface area contributed by atoms with Crippen molar-refractivity contribution in [2.24, 2.45) is 5.16 Å². The number of halogens is 1. The van der Waals surface area contributed by atoms with Gasteiger partial charge in [-0.3, -0.25) is 0 Å². The maximum atomic E-state index is 5.19. The van der Waals surface area contributed by atoms with Crippen LogP contribution in [0.15, 0.2) is 58.2 Å². The van der Waals surface area contributed by atoms with E-state index in [9.17, 15) is 0 Å². The van der Waals surface area contributed by atoms with Gasteiger partial charge in [0.2, 0.25) is 0 Å². The lowest BCUT2D eigenvalue weighted by atomic mass is 10.2. The van der Waals surface area contributed by atoms with Crippen LogP contribution in [0.3, 0.4) is 0 Å². The Morgan fingerprint density at radius 1 is 1.16 bits per heavy atom. The monoisotopic (exact) mass is 318 g/mol. The molecule has 3 nitrogen and oxygen atoms in total. The summed E-state index contributed by atoms with van der Waals surface area (Å²) in [5.74, 6) is 0.827. The van der Waals surface area contributed by atoms with Crippen LogP contribution < -0.4 is 4.74 Å². The molecule has 0 unspecified atom stereocenters. The Morgan fingerprint density at radius 3 is 2.63 bits per heavy atom. The highest BCUT2D eigenvalue weighted by Gasteiger charge is 1.95. The zero-order chi connectivity index (χ0) is 13.5. The van der Waals surface area contributed by atoms with Crippen LogP contribution in [0.2, 0.25) is 0 Å². The second-order valence-corrected chi connectivity index (χ2v) is 4.75. The molecule has 0 spiro atoms. The Labute approximate surface area is 121 Å². The summed E-state index contributed by atoms with van der Waals surface area (Å²) in [6.45, 7) is 0.408. The normalized spacial score (nSPS) is 10.6. The second kappa shape index (κ2) is 6.95. The van der Waals surface area contributed by atoms with Gasteiger partial charge >= 0.3 is 0 Å². The van der Waals surface area contributed by atoms with Gasteiger partial charge in [-0.05, 0) is 29.8 Å². The smallest absolute Gasteiger partial charge is 0.142 e. The number of methoxy groups -OCH3 is 1. The summed E-state index contributed by atoms with van der Waals surface area (Å²) in [5.41, 5.74) is 1.89. The Morgan fingerprint density at radius 2 is 1.95 bits per heavy atom. The fourth-order valence-electron chi connectivity index (χ4n) is 1.47. The maximum absolute atomic E-state index is 5.19. The van der Waals surface area contributed by atoms with Gasteiger partial charge in [-0.15, -0.1) is 0 Å². The maximum Gasteiger partial charge on any atom is 0.142 e. The minimum absolute atomic E-state index is 0.408. The molecule has 0 aliphatic carbocycles. The quantitative estimate of drug-likeness (QED) is 0.618. The predicted molar refractivity (Wildman–Crippen MR) is 78.5 cm³/mol. The van der Waals surface area contributed by atoms with E-state index < -0.39 is 0 Å². The summed E-state index contributed by atoms with van der Waals surface area (Å²) in [4.78, 5) is 5.19. The largest absolute Gasteiger partial charge is 0.497 e. The van der Waals surface area contributed by atoms with Crippen molar-refractivity contribution >= 4 is 22.1 Å².